The molecule has 0 unspecified atom stereocenters. The van der Waals surface area contributed by atoms with Crippen molar-refractivity contribution in [1.29, 1.82) is 0 Å². The van der Waals surface area contributed by atoms with Crippen molar-refractivity contribution in [2.24, 2.45) is 0 Å². The lowest BCUT2D eigenvalue weighted by atomic mass is 9.98. The second kappa shape index (κ2) is 5.59. The predicted octanol–water partition coefficient (Wildman–Crippen LogP) is 0.984. The Kier molecular flexibility index (Phi) is 4.07. The van der Waals surface area contributed by atoms with Gasteiger partial charge in [-0.1, -0.05) is 23.7 Å². The zero-order chi connectivity index (χ0) is 14.0. The summed E-state index contributed by atoms with van der Waals surface area (Å²) in [7, 11) is 3.21. The summed E-state index contributed by atoms with van der Waals surface area (Å²) < 4.78 is 5.37. The molecule has 1 aromatic carbocycles. The number of morpholine rings is 1. The fourth-order valence-electron chi connectivity index (χ4n) is 2.13. The predicted molar refractivity (Wildman–Crippen MR) is 70.8 cm³/mol. The number of ether oxygens (including phenoxy) is 1. The van der Waals surface area contributed by atoms with Crippen LogP contribution in [-0.2, 0) is 14.3 Å². The minimum absolute atomic E-state index is 0.0846. The number of nitrogens with one attached hydrogen (secondary N) is 1. The van der Waals surface area contributed by atoms with Crippen LogP contribution in [0.3, 0.4) is 0 Å². The molecule has 0 radical (unpaired) electrons. The maximum Gasteiger partial charge on any atom is 0.251 e. The highest BCUT2D eigenvalue weighted by molar-refractivity contribution is 6.30. The molecule has 0 aromatic heterocycles. The molecule has 0 spiro atoms. The summed E-state index contributed by atoms with van der Waals surface area (Å²) in [5.41, 5.74) is 0.813. The summed E-state index contributed by atoms with van der Waals surface area (Å²) in [6.45, 7) is -0.0846. The standard InChI is InChI=1S/C13H15ClN2O3/c1-15-13(18)12-11(16(2)10(17)7-19-12)8-3-5-9(14)6-4-8/h3-6,11-12H,7H2,1-2H3,(H,15,18)/t11-,12+/m0/s1. The third-order valence-electron chi connectivity index (χ3n) is 3.20. The van der Waals surface area contributed by atoms with Gasteiger partial charge in [0.15, 0.2) is 6.10 Å². The molecule has 1 fully saturated rings. The van der Waals surface area contributed by atoms with E-state index in [1.807, 2.05) is 0 Å². The summed E-state index contributed by atoms with van der Waals surface area (Å²) in [4.78, 5) is 25.1. The Bertz CT molecular complexity index is 489. The van der Waals surface area contributed by atoms with Crippen LogP contribution in [0.25, 0.3) is 0 Å². The van der Waals surface area contributed by atoms with E-state index < -0.39 is 12.1 Å². The quantitative estimate of drug-likeness (QED) is 0.880. The van der Waals surface area contributed by atoms with E-state index in [2.05, 4.69) is 5.32 Å². The van der Waals surface area contributed by atoms with Crippen molar-refractivity contribution in [3.05, 3.63) is 34.9 Å². The minimum atomic E-state index is -0.714. The number of amides is 2. The lowest BCUT2D eigenvalue weighted by Crippen LogP contribution is -2.52. The molecule has 1 aromatic rings. The van der Waals surface area contributed by atoms with Crippen molar-refractivity contribution in [2.75, 3.05) is 20.7 Å². The van der Waals surface area contributed by atoms with Gasteiger partial charge < -0.3 is 15.0 Å². The Labute approximate surface area is 116 Å². The number of rotatable bonds is 2. The van der Waals surface area contributed by atoms with E-state index in [-0.39, 0.29) is 18.4 Å². The maximum absolute atomic E-state index is 11.9. The first-order valence-corrected chi connectivity index (χ1v) is 6.26. The van der Waals surface area contributed by atoms with E-state index in [9.17, 15) is 9.59 Å². The van der Waals surface area contributed by atoms with Crippen molar-refractivity contribution in [3.8, 4) is 0 Å². The summed E-state index contributed by atoms with van der Waals surface area (Å²) in [5, 5.41) is 3.16. The van der Waals surface area contributed by atoms with Crippen LogP contribution in [0.2, 0.25) is 5.02 Å². The fraction of sp³-hybridized carbons (Fsp3) is 0.385. The zero-order valence-electron chi connectivity index (χ0n) is 10.7. The highest BCUT2D eigenvalue weighted by Gasteiger charge is 2.39. The Morgan fingerprint density at radius 2 is 2.05 bits per heavy atom. The molecule has 0 saturated carbocycles. The molecule has 0 aliphatic carbocycles. The van der Waals surface area contributed by atoms with Gasteiger partial charge in [0.05, 0.1) is 6.04 Å². The second-order valence-corrected chi connectivity index (χ2v) is 4.78. The summed E-state index contributed by atoms with van der Waals surface area (Å²) in [5.74, 6) is -0.403. The van der Waals surface area contributed by atoms with E-state index >= 15 is 0 Å². The molecule has 2 rings (SSSR count). The number of hydrogen-bond acceptors (Lipinski definition) is 3. The lowest BCUT2D eigenvalue weighted by Gasteiger charge is -2.38. The van der Waals surface area contributed by atoms with E-state index in [0.29, 0.717) is 5.02 Å². The largest absolute Gasteiger partial charge is 0.357 e. The van der Waals surface area contributed by atoms with Crippen LogP contribution in [0.4, 0.5) is 0 Å². The smallest absolute Gasteiger partial charge is 0.251 e. The molecule has 1 aliphatic rings. The fourth-order valence-corrected chi connectivity index (χ4v) is 2.26. The molecule has 1 saturated heterocycles. The number of halogens is 1. The molecule has 1 aliphatic heterocycles. The van der Waals surface area contributed by atoms with Gasteiger partial charge in [0.1, 0.15) is 6.61 Å². The highest BCUT2D eigenvalue weighted by atomic mass is 35.5. The number of carbonyl (C=O) groups excluding carboxylic acids is 2. The van der Waals surface area contributed by atoms with E-state index in [1.54, 1.807) is 38.4 Å². The molecule has 102 valence electrons. The number of nitrogens with zero attached hydrogens (tertiary/aromatic N) is 1. The van der Waals surface area contributed by atoms with E-state index in [0.717, 1.165) is 5.56 Å². The van der Waals surface area contributed by atoms with Gasteiger partial charge in [0, 0.05) is 19.1 Å². The van der Waals surface area contributed by atoms with E-state index in [1.165, 1.54) is 4.90 Å². The van der Waals surface area contributed by atoms with Crippen LogP contribution in [0.5, 0.6) is 0 Å². The normalized spacial score (nSPS) is 23.3. The van der Waals surface area contributed by atoms with Crippen molar-refractivity contribution in [2.45, 2.75) is 12.1 Å². The molecule has 1 heterocycles. The third kappa shape index (κ3) is 2.72. The van der Waals surface area contributed by atoms with Crippen molar-refractivity contribution in [3.63, 3.8) is 0 Å². The molecule has 2 amide bonds. The van der Waals surface area contributed by atoms with Crippen molar-refractivity contribution >= 4 is 23.4 Å². The molecular weight excluding hydrogens is 268 g/mol. The van der Waals surface area contributed by atoms with Crippen molar-refractivity contribution < 1.29 is 14.3 Å². The molecule has 6 heteroatoms. The molecule has 2 atom stereocenters. The van der Waals surface area contributed by atoms with Gasteiger partial charge in [0.25, 0.3) is 5.91 Å². The van der Waals surface area contributed by atoms with Crippen LogP contribution in [-0.4, -0.2) is 43.5 Å². The van der Waals surface area contributed by atoms with Crippen LogP contribution < -0.4 is 5.32 Å². The first-order chi connectivity index (χ1) is 9.04. The monoisotopic (exact) mass is 282 g/mol. The average molecular weight is 283 g/mol. The first kappa shape index (κ1) is 13.8. The van der Waals surface area contributed by atoms with Crippen molar-refractivity contribution in [1.82, 2.24) is 10.2 Å². The number of hydrogen-bond donors (Lipinski definition) is 1. The van der Waals surface area contributed by atoms with Gasteiger partial charge in [-0.15, -0.1) is 0 Å². The molecule has 19 heavy (non-hydrogen) atoms. The van der Waals surface area contributed by atoms with Gasteiger partial charge in [-0.2, -0.15) is 0 Å². The molecule has 1 N–H and O–H groups in total. The molecule has 5 nitrogen and oxygen atoms in total. The van der Waals surface area contributed by atoms with Crippen LogP contribution in [0, 0.1) is 0 Å². The number of carbonyl (C=O) groups is 2. The Morgan fingerprint density at radius 3 is 2.63 bits per heavy atom. The lowest BCUT2D eigenvalue weighted by molar-refractivity contribution is -0.161. The van der Waals surface area contributed by atoms with Gasteiger partial charge >= 0.3 is 0 Å². The van der Waals surface area contributed by atoms with Crippen LogP contribution in [0.15, 0.2) is 24.3 Å². The van der Waals surface area contributed by atoms with Gasteiger partial charge in [0.2, 0.25) is 5.91 Å². The second-order valence-electron chi connectivity index (χ2n) is 4.35. The van der Waals surface area contributed by atoms with E-state index in [4.69, 9.17) is 16.3 Å². The SMILES string of the molecule is CNC(=O)[C@@H]1OCC(=O)N(C)[C@H]1c1ccc(Cl)cc1. The Balaban J connectivity index is 2.36. The first-order valence-electron chi connectivity index (χ1n) is 5.89. The van der Waals surface area contributed by atoms with Crippen LogP contribution in [0.1, 0.15) is 11.6 Å². The maximum atomic E-state index is 11.9. The number of benzene rings is 1. The summed E-state index contributed by atoms with van der Waals surface area (Å²) >= 11 is 5.85. The Hall–Kier alpha value is -1.59. The van der Waals surface area contributed by atoms with Crippen LogP contribution >= 0.6 is 11.6 Å². The third-order valence-corrected chi connectivity index (χ3v) is 3.45. The topological polar surface area (TPSA) is 58.6 Å². The Morgan fingerprint density at radius 1 is 1.42 bits per heavy atom. The summed E-state index contributed by atoms with van der Waals surface area (Å²) in [6.07, 6.45) is -0.714. The van der Waals surface area contributed by atoms with Gasteiger partial charge in [-0.25, -0.2) is 0 Å². The van der Waals surface area contributed by atoms with Gasteiger partial charge in [-0.3, -0.25) is 9.59 Å². The highest BCUT2D eigenvalue weighted by Crippen LogP contribution is 2.29. The molecular formula is C13H15ClN2O3. The zero-order valence-corrected chi connectivity index (χ0v) is 11.5. The molecule has 0 bridgehead atoms. The number of likely N-dealkylation sites (N-methyl/N-ethyl adjacent to an activating group) is 2. The van der Waals surface area contributed by atoms with Gasteiger partial charge in [-0.05, 0) is 17.7 Å². The average Bonchev–Trinajstić information content (AvgIpc) is 2.42. The summed E-state index contributed by atoms with van der Waals surface area (Å²) in [6, 6.07) is 6.59. The minimum Gasteiger partial charge on any atom is -0.357 e.